The van der Waals surface area contributed by atoms with E-state index in [1.165, 1.54) is 25.0 Å². The standard InChI is InChI=1S/C15H20F2O/c1-2-3-10-4-6-11(7-5-10)12-8-13(16)15(18)14(17)9-12/h8-11,18H,2-7H2,1H3/t10-,11-. The van der Waals surface area contributed by atoms with Gasteiger partial charge >= 0.3 is 0 Å². The summed E-state index contributed by atoms with van der Waals surface area (Å²) < 4.78 is 26.6. The lowest BCUT2D eigenvalue weighted by Gasteiger charge is -2.28. The maximum absolute atomic E-state index is 13.3. The Bertz CT molecular complexity index is 386. The van der Waals surface area contributed by atoms with Gasteiger partial charge in [0.25, 0.3) is 0 Å². The zero-order valence-corrected chi connectivity index (χ0v) is 10.8. The third-order valence-corrected chi connectivity index (χ3v) is 4.05. The molecule has 2 rings (SSSR count). The van der Waals surface area contributed by atoms with E-state index in [4.69, 9.17) is 5.11 Å². The molecule has 0 heterocycles. The Morgan fingerprint density at radius 2 is 1.67 bits per heavy atom. The molecule has 0 aromatic heterocycles. The van der Waals surface area contributed by atoms with Crippen LogP contribution in [0.2, 0.25) is 0 Å². The van der Waals surface area contributed by atoms with Crippen molar-refractivity contribution in [2.45, 2.75) is 51.4 Å². The van der Waals surface area contributed by atoms with Crippen molar-refractivity contribution >= 4 is 0 Å². The number of hydrogen-bond donors (Lipinski definition) is 1. The van der Waals surface area contributed by atoms with Crippen LogP contribution in [0.15, 0.2) is 12.1 Å². The maximum Gasteiger partial charge on any atom is 0.187 e. The molecule has 1 saturated carbocycles. The summed E-state index contributed by atoms with van der Waals surface area (Å²) in [6, 6.07) is 2.56. The van der Waals surface area contributed by atoms with E-state index in [0.29, 0.717) is 5.56 Å². The Hall–Kier alpha value is -1.12. The van der Waals surface area contributed by atoms with Crippen LogP contribution in [0.25, 0.3) is 0 Å². The third kappa shape index (κ3) is 2.82. The first-order chi connectivity index (χ1) is 8.61. The number of hydrogen-bond acceptors (Lipinski definition) is 1. The molecule has 0 bridgehead atoms. The van der Waals surface area contributed by atoms with Gasteiger partial charge in [0.1, 0.15) is 0 Å². The fourth-order valence-corrected chi connectivity index (χ4v) is 3.01. The highest BCUT2D eigenvalue weighted by Crippen LogP contribution is 2.38. The van der Waals surface area contributed by atoms with Crippen LogP contribution in [0, 0.1) is 17.6 Å². The largest absolute Gasteiger partial charge is 0.503 e. The van der Waals surface area contributed by atoms with E-state index in [1.807, 2.05) is 0 Å². The molecule has 1 fully saturated rings. The molecular formula is C15H20F2O. The summed E-state index contributed by atoms with van der Waals surface area (Å²) in [7, 11) is 0. The number of aromatic hydroxyl groups is 1. The summed E-state index contributed by atoms with van der Waals surface area (Å²) in [5, 5.41) is 9.09. The Kier molecular flexibility index (Phi) is 4.20. The molecule has 0 aliphatic heterocycles. The highest BCUT2D eigenvalue weighted by molar-refractivity contribution is 5.32. The van der Waals surface area contributed by atoms with Gasteiger partial charge in [-0.1, -0.05) is 19.8 Å². The van der Waals surface area contributed by atoms with Gasteiger partial charge in [0.15, 0.2) is 17.4 Å². The van der Waals surface area contributed by atoms with Crippen molar-refractivity contribution in [2.24, 2.45) is 5.92 Å². The van der Waals surface area contributed by atoms with E-state index in [2.05, 4.69) is 6.92 Å². The minimum Gasteiger partial charge on any atom is -0.503 e. The van der Waals surface area contributed by atoms with Crippen LogP contribution in [0.4, 0.5) is 8.78 Å². The van der Waals surface area contributed by atoms with Crippen molar-refractivity contribution in [3.05, 3.63) is 29.3 Å². The van der Waals surface area contributed by atoms with Gasteiger partial charge in [-0.15, -0.1) is 0 Å². The zero-order valence-electron chi connectivity index (χ0n) is 10.8. The molecule has 1 aliphatic carbocycles. The van der Waals surface area contributed by atoms with Crippen molar-refractivity contribution in [3.63, 3.8) is 0 Å². The number of halogens is 2. The van der Waals surface area contributed by atoms with Crippen LogP contribution in [0.1, 0.15) is 56.9 Å². The van der Waals surface area contributed by atoms with E-state index in [9.17, 15) is 8.78 Å². The highest BCUT2D eigenvalue weighted by Gasteiger charge is 2.23. The summed E-state index contributed by atoms with van der Waals surface area (Å²) in [4.78, 5) is 0. The third-order valence-electron chi connectivity index (χ3n) is 4.05. The van der Waals surface area contributed by atoms with Gasteiger partial charge in [0.2, 0.25) is 0 Å². The Morgan fingerprint density at radius 3 is 2.17 bits per heavy atom. The second kappa shape index (κ2) is 5.68. The quantitative estimate of drug-likeness (QED) is 0.825. The lowest BCUT2D eigenvalue weighted by Crippen LogP contribution is -2.13. The molecule has 1 aromatic carbocycles. The summed E-state index contributed by atoms with van der Waals surface area (Å²) in [6.45, 7) is 2.19. The van der Waals surface area contributed by atoms with E-state index in [-0.39, 0.29) is 5.92 Å². The van der Waals surface area contributed by atoms with Crippen molar-refractivity contribution in [1.82, 2.24) is 0 Å². The lowest BCUT2D eigenvalue weighted by molar-refractivity contribution is 0.306. The minimum atomic E-state index is -0.863. The fourth-order valence-electron chi connectivity index (χ4n) is 3.01. The van der Waals surface area contributed by atoms with Crippen LogP contribution in [0.5, 0.6) is 5.75 Å². The van der Waals surface area contributed by atoms with Gasteiger partial charge in [-0.3, -0.25) is 0 Å². The van der Waals surface area contributed by atoms with Gasteiger partial charge in [-0.25, -0.2) is 8.78 Å². The molecule has 1 aliphatic rings. The van der Waals surface area contributed by atoms with Gasteiger partial charge < -0.3 is 5.11 Å². The molecule has 0 atom stereocenters. The van der Waals surface area contributed by atoms with E-state index >= 15 is 0 Å². The van der Waals surface area contributed by atoms with Gasteiger partial charge in [0.05, 0.1) is 0 Å². The Labute approximate surface area is 107 Å². The molecule has 1 nitrogen and oxygen atoms in total. The van der Waals surface area contributed by atoms with Crippen LogP contribution < -0.4 is 0 Å². The number of rotatable bonds is 3. The molecular weight excluding hydrogens is 234 g/mol. The lowest BCUT2D eigenvalue weighted by atomic mass is 9.77. The second-order valence-corrected chi connectivity index (χ2v) is 5.34. The van der Waals surface area contributed by atoms with E-state index in [1.54, 1.807) is 0 Å². The van der Waals surface area contributed by atoms with Crippen molar-refractivity contribution in [1.29, 1.82) is 0 Å². The van der Waals surface area contributed by atoms with Gasteiger partial charge in [0, 0.05) is 0 Å². The average Bonchev–Trinajstić information content (AvgIpc) is 2.37. The van der Waals surface area contributed by atoms with Crippen LogP contribution in [-0.2, 0) is 0 Å². The number of phenols is 1. The predicted octanol–water partition coefficient (Wildman–Crippen LogP) is 4.74. The summed E-state index contributed by atoms with van der Waals surface area (Å²) in [6.07, 6.45) is 6.73. The van der Waals surface area contributed by atoms with Crippen molar-refractivity contribution in [2.75, 3.05) is 0 Å². The summed E-state index contributed by atoms with van der Waals surface area (Å²) in [5.74, 6) is -1.54. The van der Waals surface area contributed by atoms with E-state index < -0.39 is 17.4 Å². The fraction of sp³-hybridized carbons (Fsp3) is 0.600. The zero-order chi connectivity index (χ0) is 13.1. The smallest absolute Gasteiger partial charge is 0.187 e. The first-order valence-electron chi connectivity index (χ1n) is 6.79. The van der Waals surface area contributed by atoms with Crippen molar-refractivity contribution in [3.8, 4) is 5.75 Å². The van der Waals surface area contributed by atoms with Crippen LogP contribution in [-0.4, -0.2) is 5.11 Å². The molecule has 0 saturated heterocycles. The first-order valence-corrected chi connectivity index (χ1v) is 6.79. The molecule has 100 valence electrons. The second-order valence-electron chi connectivity index (χ2n) is 5.34. The number of benzene rings is 1. The normalized spacial score (nSPS) is 24.2. The van der Waals surface area contributed by atoms with Crippen molar-refractivity contribution < 1.29 is 13.9 Å². The first kappa shape index (κ1) is 13.3. The average molecular weight is 254 g/mol. The number of phenolic OH excluding ortho intramolecular Hbond substituents is 1. The predicted molar refractivity (Wildman–Crippen MR) is 67.6 cm³/mol. The molecule has 0 radical (unpaired) electrons. The topological polar surface area (TPSA) is 20.2 Å². The van der Waals surface area contributed by atoms with Crippen LogP contribution in [0.3, 0.4) is 0 Å². The molecule has 1 aromatic rings. The Balaban J connectivity index is 2.05. The molecule has 18 heavy (non-hydrogen) atoms. The van der Waals surface area contributed by atoms with Gasteiger partial charge in [-0.05, 0) is 55.2 Å². The molecule has 0 spiro atoms. The Morgan fingerprint density at radius 1 is 1.11 bits per heavy atom. The van der Waals surface area contributed by atoms with Gasteiger partial charge in [-0.2, -0.15) is 0 Å². The van der Waals surface area contributed by atoms with Crippen LogP contribution >= 0.6 is 0 Å². The summed E-state index contributed by atoms with van der Waals surface area (Å²) in [5.41, 5.74) is 0.692. The minimum absolute atomic E-state index is 0.239. The molecule has 1 N–H and O–H groups in total. The molecule has 0 unspecified atom stereocenters. The van der Waals surface area contributed by atoms with E-state index in [0.717, 1.165) is 31.6 Å². The SMILES string of the molecule is CCC[C@H]1CC[C@H](c2cc(F)c(O)c(F)c2)CC1. The highest BCUT2D eigenvalue weighted by atomic mass is 19.1. The summed E-state index contributed by atoms with van der Waals surface area (Å²) >= 11 is 0. The maximum atomic E-state index is 13.3. The molecule has 3 heteroatoms. The monoisotopic (exact) mass is 254 g/mol. The molecule has 0 amide bonds.